The van der Waals surface area contributed by atoms with Crippen molar-refractivity contribution >= 4 is 51.2 Å². The Morgan fingerprint density at radius 1 is 1.07 bits per heavy atom. The van der Waals surface area contributed by atoms with Gasteiger partial charge in [0.25, 0.3) is 5.91 Å². The number of nitrogens with zero attached hydrogens (tertiary/aromatic N) is 2. The van der Waals surface area contributed by atoms with Gasteiger partial charge in [-0.2, -0.15) is 0 Å². The maximum absolute atomic E-state index is 14.2. The molecule has 5 amide bonds. The lowest BCUT2D eigenvalue weighted by molar-refractivity contribution is -0.145. The van der Waals surface area contributed by atoms with E-state index in [1.807, 2.05) is 13.8 Å². The third kappa shape index (κ3) is 7.56. The van der Waals surface area contributed by atoms with Crippen LogP contribution in [0.25, 0.3) is 0 Å². The zero-order chi connectivity index (χ0) is 33.6. The SMILES string of the molecule is CC(C)[C@H](NC(=O)N[C@H](C(=O)N1C[C@H]2[C@@H]([C@H]1C(=O)NC(CC1CC1)C(=O)C(N)=O)C2(C)C)C(C)(C)C)C(=O)c1cccc(Br)n1. The number of nitrogens with two attached hydrogens (primary N) is 1. The Balaban J connectivity index is 1.53. The number of likely N-dealkylation sites (tertiary alicyclic amines) is 1. The second-order valence-corrected chi connectivity index (χ2v) is 15.5. The maximum Gasteiger partial charge on any atom is 0.316 e. The number of pyridine rings is 1. The zero-order valence-electron chi connectivity index (χ0n) is 27.0. The number of aromatic nitrogens is 1. The first-order valence-electron chi connectivity index (χ1n) is 15.5. The molecule has 2 saturated carbocycles. The van der Waals surface area contributed by atoms with Crippen molar-refractivity contribution in [2.45, 2.75) is 91.9 Å². The molecular formula is C32H45BrN6O6. The summed E-state index contributed by atoms with van der Waals surface area (Å²) in [6, 6.07) is 0.356. The molecule has 246 valence electrons. The Hall–Kier alpha value is -3.35. The Labute approximate surface area is 272 Å². The molecule has 1 unspecified atom stereocenters. The number of primary amides is 1. The Morgan fingerprint density at radius 2 is 1.71 bits per heavy atom. The summed E-state index contributed by atoms with van der Waals surface area (Å²) in [6.07, 6.45) is 2.14. The summed E-state index contributed by atoms with van der Waals surface area (Å²) < 4.78 is 0.488. The number of nitrogens with one attached hydrogen (secondary N) is 3. The quantitative estimate of drug-likeness (QED) is 0.148. The van der Waals surface area contributed by atoms with E-state index in [-0.39, 0.29) is 40.6 Å². The van der Waals surface area contributed by atoms with E-state index in [1.54, 1.807) is 52.8 Å². The first kappa shape index (κ1) is 34.5. The van der Waals surface area contributed by atoms with Crippen molar-refractivity contribution in [2.24, 2.45) is 40.2 Å². The molecule has 0 bridgehead atoms. The van der Waals surface area contributed by atoms with Crippen LogP contribution < -0.4 is 21.7 Å². The number of hydrogen-bond donors (Lipinski definition) is 4. The van der Waals surface area contributed by atoms with Crippen LogP contribution in [0.1, 0.15) is 78.2 Å². The number of hydrogen-bond acceptors (Lipinski definition) is 7. The highest BCUT2D eigenvalue weighted by molar-refractivity contribution is 9.10. The van der Waals surface area contributed by atoms with Crippen LogP contribution in [0.3, 0.4) is 0 Å². The molecule has 0 aromatic carbocycles. The maximum atomic E-state index is 14.2. The van der Waals surface area contributed by atoms with Gasteiger partial charge in [-0.25, -0.2) is 9.78 Å². The molecule has 1 aliphatic heterocycles. The largest absolute Gasteiger partial charge is 0.363 e. The van der Waals surface area contributed by atoms with Gasteiger partial charge in [0.05, 0.1) is 12.1 Å². The fraction of sp³-hybridized carbons (Fsp3) is 0.656. The van der Waals surface area contributed by atoms with Crippen molar-refractivity contribution in [2.75, 3.05) is 6.54 Å². The van der Waals surface area contributed by atoms with Gasteiger partial charge in [0.1, 0.15) is 22.4 Å². The monoisotopic (exact) mass is 688 g/mol. The van der Waals surface area contributed by atoms with Crippen LogP contribution in [0.5, 0.6) is 0 Å². The van der Waals surface area contributed by atoms with E-state index in [0.717, 1.165) is 12.8 Å². The first-order chi connectivity index (χ1) is 20.8. The van der Waals surface area contributed by atoms with Crippen molar-refractivity contribution in [3.63, 3.8) is 0 Å². The first-order valence-corrected chi connectivity index (χ1v) is 16.3. The van der Waals surface area contributed by atoms with E-state index in [2.05, 4.69) is 36.9 Å². The van der Waals surface area contributed by atoms with Crippen molar-refractivity contribution in [3.8, 4) is 0 Å². The molecule has 0 radical (unpaired) electrons. The average molecular weight is 690 g/mol. The molecule has 45 heavy (non-hydrogen) atoms. The summed E-state index contributed by atoms with van der Waals surface area (Å²) >= 11 is 3.27. The molecule has 6 atom stereocenters. The molecule has 4 rings (SSSR count). The molecule has 2 aliphatic carbocycles. The second-order valence-electron chi connectivity index (χ2n) is 14.7. The summed E-state index contributed by atoms with van der Waals surface area (Å²) in [5.74, 6) is -3.42. The second kappa shape index (κ2) is 12.8. The van der Waals surface area contributed by atoms with E-state index < -0.39 is 59.1 Å². The molecule has 1 saturated heterocycles. The summed E-state index contributed by atoms with van der Waals surface area (Å²) in [4.78, 5) is 84.7. The van der Waals surface area contributed by atoms with Gasteiger partial charge in [0.15, 0.2) is 0 Å². The fourth-order valence-corrected chi connectivity index (χ4v) is 6.87. The topological polar surface area (TPSA) is 181 Å². The van der Waals surface area contributed by atoms with Crippen LogP contribution >= 0.6 is 15.9 Å². The van der Waals surface area contributed by atoms with Crippen LogP contribution in [0.15, 0.2) is 22.8 Å². The summed E-state index contributed by atoms with van der Waals surface area (Å²) in [6.45, 7) is 13.4. The number of urea groups is 1. The summed E-state index contributed by atoms with van der Waals surface area (Å²) in [5, 5.41) is 8.27. The minimum Gasteiger partial charge on any atom is -0.363 e. The highest BCUT2D eigenvalue weighted by atomic mass is 79.9. The smallest absolute Gasteiger partial charge is 0.316 e. The third-order valence-electron chi connectivity index (χ3n) is 9.49. The molecule has 1 aromatic heterocycles. The van der Waals surface area contributed by atoms with Gasteiger partial charge in [-0.3, -0.25) is 24.0 Å². The predicted octanol–water partition coefficient (Wildman–Crippen LogP) is 2.59. The molecular weight excluding hydrogens is 644 g/mol. The molecule has 3 aliphatic rings. The van der Waals surface area contributed by atoms with Crippen LogP contribution in [-0.4, -0.2) is 75.9 Å². The molecule has 2 heterocycles. The minimum atomic E-state index is -1.11. The van der Waals surface area contributed by atoms with Gasteiger partial charge in [-0.15, -0.1) is 0 Å². The molecule has 5 N–H and O–H groups in total. The van der Waals surface area contributed by atoms with Crippen LogP contribution in [0, 0.1) is 34.5 Å². The highest BCUT2D eigenvalue weighted by Gasteiger charge is 2.70. The molecule has 0 spiro atoms. The van der Waals surface area contributed by atoms with Crippen LogP contribution in [0.4, 0.5) is 4.79 Å². The lowest BCUT2D eigenvalue weighted by Gasteiger charge is -2.38. The Kier molecular flexibility index (Phi) is 9.82. The normalized spacial score (nSPS) is 23.8. The number of ketones is 2. The Morgan fingerprint density at radius 3 is 2.24 bits per heavy atom. The lowest BCUT2D eigenvalue weighted by atomic mass is 9.85. The van der Waals surface area contributed by atoms with Gasteiger partial charge >= 0.3 is 6.03 Å². The Bertz CT molecular complexity index is 1390. The van der Waals surface area contributed by atoms with Gasteiger partial charge in [0, 0.05) is 6.54 Å². The highest BCUT2D eigenvalue weighted by Crippen LogP contribution is 2.65. The molecule has 1 aromatic rings. The third-order valence-corrected chi connectivity index (χ3v) is 9.94. The van der Waals surface area contributed by atoms with Crippen LogP contribution in [-0.2, 0) is 19.2 Å². The summed E-state index contributed by atoms with van der Waals surface area (Å²) in [5.41, 5.74) is 4.50. The number of carbonyl (C=O) groups excluding carboxylic acids is 6. The molecule has 13 heteroatoms. The fourth-order valence-electron chi connectivity index (χ4n) is 6.53. The minimum absolute atomic E-state index is 0.0565. The van der Waals surface area contributed by atoms with E-state index in [0.29, 0.717) is 17.6 Å². The van der Waals surface area contributed by atoms with Gasteiger partial charge < -0.3 is 26.6 Å². The van der Waals surface area contributed by atoms with Gasteiger partial charge in [-0.05, 0) is 69.0 Å². The molecule has 3 fully saturated rings. The van der Waals surface area contributed by atoms with E-state index in [4.69, 9.17) is 5.73 Å². The van der Waals surface area contributed by atoms with Gasteiger partial charge in [0.2, 0.25) is 23.4 Å². The van der Waals surface area contributed by atoms with E-state index in [1.165, 1.54) is 4.90 Å². The van der Waals surface area contributed by atoms with E-state index in [9.17, 15) is 28.8 Å². The van der Waals surface area contributed by atoms with Crippen molar-refractivity contribution < 1.29 is 28.8 Å². The zero-order valence-corrected chi connectivity index (χ0v) is 28.6. The number of halogens is 1. The van der Waals surface area contributed by atoms with Crippen molar-refractivity contribution in [3.05, 3.63) is 28.5 Å². The number of piperidine rings is 1. The number of Topliss-reactive ketones (excluding diaryl/α,β-unsaturated/α-hetero) is 2. The van der Waals surface area contributed by atoms with Crippen molar-refractivity contribution in [1.29, 1.82) is 0 Å². The van der Waals surface area contributed by atoms with E-state index >= 15 is 0 Å². The average Bonchev–Trinajstić information content (AvgIpc) is 3.79. The number of rotatable bonds is 12. The number of carbonyl (C=O) groups is 6. The van der Waals surface area contributed by atoms with Crippen LogP contribution in [0.2, 0.25) is 0 Å². The standard InChI is InChI=1S/C32H45BrN6O6/c1-15(2)22(24(40)18-9-8-10-20(33)35-18)37-30(45)38-26(31(3,4)5)29(44)39-14-17-21(32(17,6)7)23(39)28(43)36-19(13-16-11-12-16)25(41)27(34)42/h8-10,15-17,19,21-23,26H,11-14H2,1-7H3,(H2,34,42)(H,36,43)(H2,37,38,45)/t17-,19?,21-,22-,23-,26+/m0/s1. The molecule has 12 nitrogen and oxygen atoms in total. The number of amides is 5. The lowest BCUT2D eigenvalue weighted by Crippen LogP contribution is -2.62. The number of fused-ring (bicyclic) bond motifs is 1. The van der Waals surface area contributed by atoms with Crippen molar-refractivity contribution in [1.82, 2.24) is 25.8 Å². The predicted molar refractivity (Wildman–Crippen MR) is 170 cm³/mol. The van der Waals surface area contributed by atoms with Gasteiger partial charge in [-0.1, -0.05) is 67.4 Å². The summed E-state index contributed by atoms with van der Waals surface area (Å²) in [7, 11) is 0.